The number of nitro groups is 1. The fourth-order valence-electron chi connectivity index (χ4n) is 2.64. The first kappa shape index (κ1) is 15.0. The lowest BCUT2D eigenvalue weighted by Gasteiger charge is -2.31. The van der Waals surface area contributed by atoms with E-state index in [4.69, 9.17) is 0 Å². The highest BCUT2D eigenvalue weighted by Crippen LogP contribution is 2.16. The smallest absolute Gasteiger partial charge is 0.274 e. The van der Waals surface area contributed by atoms with Gasteiger partial charge in [0.15, 0.2) is 0 Å². The Morgan fingerprint density at radius 1 is 1.04 bits per heavy atom. The highest BCUT2D eigenvalue weighted by molar-refractivity contribution is 5.94. The lowest BCUT2D eigenvalue weighted by molar-refractivity contribution is -0.384. The maximum atomic E-state index is 12.5. The second-order valence-corrected chi connectivity index (χ2v) is 5.33. The summed E-state index contributed by atoms with van der Waals surface area (Å²) >= 11 is 0. The molecule has 7 heteroatoms. The van der Waals surface area contributed by atoms with E-state index in [1.807, 2.05) is 24.4 Å². The minimum Gasteiger partial charge on any atom is -0.331 e. The van der Waals surface area contributed by atoms with Crippen molar-refractivity contribution in [1.82, 2.24) is 4.90 Å². The third kappa shape index (κ3) is 3.28. The number of aromatic nitrogens is 1. The van der Waals surface area contributed by atoms with Crippen molar-refractivity contribution in [2.24, 2.45) is 0 Å². The number of hydrogen-bond donors (Lipinski definition) is 0. The molecule has 0 aliphatic carbocycles. The average molecular weight is 313 g/mol. The van der Waals surface area contributed by atoms with Crippen LogP contribution in [-0.4, -0.2) is 41.9 Å². The second kappa shape index (κ2) is 6.43. The monoisotopic (exact) mass is 313 g/mol. The number of hydrogen-bond acceptors (Lipinski definition) is 4. The number of benzene rings is 1. The van der Waals surface area contributed by atoms with Crippen LogP contribution in [0, 0.1) is 10.1 Å². The van der Waals surface area contributed by atoms with Crippen LogP contribution in [0.15, 0.2) is 48.7 Å². The van der Waals surface area contributed by atoms with E-state index in [0.29, 0.717) is 18.7 Å². The number of rotatable bonds is 3. The maximum absolute atomic E-state index is 12.5. The molecule has 1 saturated heterocycles. The molecule has 0 atom stereocenters. The van der Waals surface area contributed by atoms with Crippen molar-refractivity contribution < 1.29 is 14.7 Å². The van der Waals surface area contributed by atoms with Crippen molar-refractivity contribution in [2.75, 3.05) is 31.1 Å². The van der Waals surface area contributed by atoms with E-state index < -0.39 is 4.92 Å². The number of anilines is 1. The zero-order valence-corrected chi connectivity index (χ0v) is 12.5. The Morgan fingerprint density at radius 3 is 2.30 bits per heavy atom. The summed E-state index contributed by atoms with van der Waals surface area (Å²) < 4.78 is 0. The third-order valence-corrected chi connectivity index (χ3v) is 3.93. The molecule has 7 nitrogen and oxygen atoms in total. The third-order valence-electron chi connectivity index (χ3n) is 3.93. The van der Waals surface area contributed by atoms with Crippen LogP contribution >= 0.6 is 0 Å². The number of nitrogens with zero attached hydrogens (tertiary/aromatic N) is 3. The second-order valence-electron chi connectivity index (χ2n) is 5.33. The summed E-state index contributed by atoms with van der Waals surface area (Å²) in [5.41, 5.74) is 0.473. The van der Waals surface area contributed by atoms with Gasteiger partial charge in [0.05, 0.1) is 24.2 Å². The first-order chi connectivity index (χ1) is 11.1. The molecular weight excluding hydrogens is 296 g/mol. The van der Waals surface area contributed by atoms with Gasteiger partial charge in [-0.05, 0) is 18.2 Å². The molecule has 0 radical (unpaired) electrons. The highest BCUT2D eigenvalue weighted by Gasteiger charge is 2.26. The first-order valence-corrected chi connectivity index (χ1v) is 7.40. The molecule has 1 fully saturated rings. The quantitative estimate of drug-likeness (QED) is 0.633. The van der Waals surface area contributed by atoms with Gasteiger partial charge in [-0.25, -0.2) is 4.98 Å². The van der Waals surface area contributed by atoms with Gasteiger partial charge in [0, 0.05) is 23.8 Å². The molecule has 3 rings (SSSR count). The van der Waals surface area contributed by atoms with E-state index in [0.717, 1.165) is 18.9 Å². The van der Waals surface area contributed by atoms with Crippen LogP contribution < -0.4 is 9.88 Å². The van der Waals surface area contributed by atoms with Gasteiger partial charge in [0.1, 0.15) is 13.1 Å². The lowest BCUT2D eigenvalue weighted by atomic mass is 10.1. The van der Waals surface area contributed by atoms with Crippen molar-refractivity contribution >= 4 is 17.4 Å². The number of non-ortho nitro benzene ring substituents is 1. The molecule has 0 bridgehead atoms. The van der Waals surface area contributed by atoms with Crippen molar-refractivity contribution in [1.29, 1.82) is 0 Å². The number of nitro benzene ring substituents is 1. The van der Waals surface area contributed by atoms with E-state index >= 15 is 0 Å². The van der Waals surface area contributed by atoms with E-state index in [1.165, 1.54) is 24.3 Å². The van der Waals surface area contributed by atoms with Crippen LogP contribution in [0.4, 0.5) is 11.5 Å². The van der Waals surface area contributed by atoms with Crippen molar-refractivity contribution in [2.45, 2.75) is 0 Å². The van der Waals surface area contributed by atoms with Gasteiger partial charge in [0.2, 0.25) is 0 Å². The first-order valence-electron chi connectivity index (χ1n) is 7.40. The Morgan fingerprint density at radius 2 is 1.74 bits per heavy atom. The fourth-order valence-corrected chi connectivity index (χ4v) is 2.64. The zero-order valence-electron chi connectivity index (χ0n) is 12.5. The van der Waals surface area contributed by atoms with Crippen molar-refractivity contribution in [3.63, 3.8) is 0 Å². The van der Waals surface area contributed by atoms with E-state index in [-0.39, 0.29) is 11.6 Å². The van der Waals surface area contributed by atoms with Gasteiger partial charge in [-0.3, -0.25) is 19.8 Å². The molecule has 23 heavy (non-hydrogen) atoms. The Hall–Kier alpha value is -2.96. The van der Waals surface area contributed by atoms with Gasteiger partial charge in [-0.1, -0.05) is 6.07 Å². The Labute approximate surface area is 133 Å². The number of H-pyrrole nitrogens is 1. The van der Waals surface area contributed by atoms with Crippen LogP contribution in [0.1, 0.15) is 10.4 Å². The Kier molecular flexibility index (Phi) is 4.18. The Bertz CT molecular complexity index is 695. The van der Waals surface area contributed by atoms with Gasteiger partial charge in [-0.15, -0.1) is 0 Å². The molecule has 1 amide bonds. The molecule has 118 valence electrons. The largest absolute Gasteiger partial charge is 0.331 e. The van der Waals surface area contributed by atoms with Crippen LogP contribution in [0.3, 0.4) is 0 Å². The maximum Gasteiger partial charge on any atom is 0.274 e. The van der Waals surface area contributed by atoms with Gasteiger partial charge in [0.25, 0.3) is 17.4 Å². The SMILES string of the molecule is O=C(c1ccc([N+](=O)[O-])cc1)N1CCN(c2cccc[nH+]2)CC1. The van der Waals surface area contributed by atoms with Crippen molar-refractivity contribution in [3.05, 3.63) is 64.3 Å². The molecule has 1 aliphatic rings. The molecule has 1 aliphatic heterocycles. The van der Waals surface area contributed by atoms with Crippen LogP contribution in [0.5, 0.6) is 0 Å². The summed E-state index contributed by atoms with van der Waals surface area (Å²) in [6.45, 7) is 2.75. The topological polar surface area (TPSA) is 80.8 Å². The summed E-state index contributed by atoms with van der Waals surface area (Å²) in [5.74, 6) is 0.950. The highest BCUT2D eigenvalue weighted by atomic mass is 16.6. The number of carbonyl (C=O) groups excluding carboxylic acids is 1. The summed E-state index contributed by atoms with van der Waals surface area (Å²) in [5, 5.41) is 10.7. The van der Waals surface area contributed by atoms with Gasteiger partial charge in [-0.2, -0.15) is 0 Å². The number of piperazine rings is 1. The number of carbonyl (C=O) groups is 1. The van der Waals surface area contributed by atoms with Crippen LogP contribution in [-0.2, 0) is 0 Å². The molecule has 2 aromatic rings. The lowest BCUT2D eigenvalue weighted by Crippen LogP contribution is -2.50. The summed E-state index contributed by atoms with van der Waals surface area (Å²) in [6.07, 6.45) is 1.88. The predicted molar refractivity (Wildman–Crippen MR) is 84.2 cm³/mol. The fraction of sp³-hybridized carbons (Fsp3) is 0.250. The molecule has 0 unspecified atom stereocenters. The summed E-state index contributed by atoms with van der Waals surface area (Å²) in [7, 11) is 0. The van der Waals surface area contributed by atoms with Crippen LogP contribution in [0.25, 0.3) is 0 Å². The van der Waals surface area contributed by atoms with E-state index in [9.17, 15) is 14.9 Å². The van der Waals surface area contributed by atoms with Gasteiger partial charge < -0.3 is 4.90 Å². The molecule has 0 spiro atoms. The number of nitrogens with one attached hydrogen (secondary N) is 1. The van der Waals surface area contributed by atoms with E-state index in [2.05, 4.69) is 9.88 Å². The van der Waals surface area contributed by atoms with Crippen molar-refractivity contribution in [3.8, 4) is 0 Å². The number of aromatic amines is 1. The zero-order chi connectivity index (χ0) is 16.2. The normalized spacial score (nSPS) is 14.6. The minimum absolute atomic E-state index is 0.00835. The summed E-state index contributed by atoms with van der Waals surface area (Å²) in [6, 6.07) is 11.7. The predicted octanol–water partition coefficient (Wildman–Crippen LogP) is 1.37. The molecule has 1 N–H and O–H groups in total. The molecule has 2 heterocycles. The summed E-state index contributed by atoms with van der Waals surface area (Å²) in [4.78, 5) is 29.8. The van der Waals surface area contributed by atoms with Crippen LogP contribution in [0.2, 0.25) is 0 Å². The number of amides is 1. The van der Waals surface area contributed by atoms with Gasteiger partial charge >= 0.3 is 0 Å². The molecule has 0 saturated carbocycles. The molecule has 1 aromatic carbocycles. The standard InChI is InChI=1S/C16H16N4O3/c21-16(13-4-6-14(7-5-13)20(22)23)19-11-9-18(10-12-19)15-3-1-2-8-17-15/h1-8H,9-12H2/p+1. The average Bonchev–Trinajstić information content (AvgIpc) is 2.62. The molecule has 1 aromatic heterocycles. The van der Waals surface area contributed by atoms with E-state index in [1.54, 1.807) is 4.90 Å². The Balaban J connectivity index is 1.63. The molecular formula is C16H17N4O3+. The minimum atomic E-state index is -0.469. The number of pyridine rings is 1.